The third kappa shape index (κ3) is 4.99. The molecule has 4 nitrogen and oxygen atoms in total. The van der Waals surface area contributed by atoms with Crippen molar-refractivity contribution in [3.05, 3.63) is 11.8 Å². The van der Waals surface area contributed by atoms with E-state index in [4.69, 9.17) is 4.74 Å². The Kier molecular flexibility index (Phi) is 5.62. The molecule has 0 atom stereocenters. The summed E-state index contributed by atoms with van der Waals surface area (Å²) in [5, 5.41) is 3.34. The predicted octanol–water partition coefficient (Wildman–Crippen LogP) is 3.95. The van der Waals surface area contributed by atoms with Crippen molar-refractivity contribution in [3.63, 3.8) is 0 Å². The van der Waals surface area contributed by atoms with Gasteiger partial charge in [0.15, 0.2) is 0 Å². The third-order valence-electron chi connectivity index (χ3n) is 3.75. The Hall–Kier alpha value is -1.32. The van der Waals surface area contributed by atoms with Crippen LogP contribution in [-0.4, -0.2) is 22.6 Å². The Morgan fingerprint density at radius 2 is 2.00 bits per heavy atom. The van der Waals surface area contributed by atoms with E-state index < -0.39 is 0 Å². The summed E-state index contributed by atoms with van der Waals surface area (Å²) in [4.78, 5) is 8.83. The second-order valence-electron chi connectivity index (χ2n) is 6.06. The van der Waals surface area contributed by atoms with Gasteiger partial charge in [-0.2, -0.15) is 4.98 Å². The summed E-state index contributed by atoms with van der Waals surface area (Å²) in [6, 6.07) is 1.88. The fraction of sp³-hybridized carbons (Fsp3) is 0.750. The monoisotopic (exact) mass is 277 g/mol. The highest BCUT2D eigenvalue weighted by atomic mass is 16.5. The molecule has 0 saturated heterocycles. The Labute approximate surface area is 122 Å². The highest BCUT2D eigenvalue weighted by molar-refractivity contribution is 5.30. The summed E-state index contributed by atoms with van der Waals surface area (Å²) in [5.41, 5.74) is 0.941. The van der Waals surface area contributed by atoms with Crippen LogP contribution < -0.4 is 10.1 Å². The van der Waals surface area contributed by atoms with Crippen LogP contribution in [0.5, 0.6) is 5.88 Å². The number of aromatic nitrogens is 2. The van der Waals surface area contributed by atoms with Crippen LogP contribution in [0.1, 0.15) is 58.1 Å². The third-order valence-corrected chi connectivity index (χ3v) is 3.75. The summed E-state index contributed by atoms with van der Waals surface area (Å²) in [6.07, 6.45) is 8.35. The smallest absolute Gasteiger partial charge is 0.226 e. The predicted molar refractivity (Wildman–Crippen MR) is 82.2 cm³/mol. The van der Waals surface area contributed by atoms with Crippen LogP contribution in [0.4, 0.5) is 5.95 Å². The SMILES string of the molecule is Cc1cc(OC(C)C)nc(NCCC2CCCCC2)n1. The van der Waals surface area contributed by atoms with Crippen LogP contribution in [0.25, 0.3) is 0 Å². The van der Waals surface area contributed by atoms with Crippen LogP contribution >= 0.6 is 0 Å². The van der Waals surface area contributed by atoms with Gasteiger partial charge >= 0.3 is 0 Å². The van der Waals surface area contributed by atoms with Crippen molar-refractivity contribution in [2.24, 2.45) is 5.92 Å². The molecule has 0 unspecified atom stereocenters. The van der Waals surface area contributed by atoms with Gasteiger partial charge in [-0.1, -0.05) is 32.1 Å². The van der Waals surface area contributed by atoms with Gasteiger partial charge < -0.3 is 10.1 Å². The van der Waals surface area contributed by atoms with Crippen molar-refractivity contribution in [2.75, 3.05) is 11.9 Å². The molecule has 1 aromatic rings. The van der Waals surface area contributed by atoms with Gasteiger partial charge in [-0.25, -0.2) is 4.98 Å². The molecule has 1 fully saturated rings. The molecule has 1 N–H and O–H groups in total. The number of ether oxygens (including phenoxy) is 1. The molecule has 1 heterocycles. The van der Waals surface area contributed by atoms with Crippen molar-refractivity contribution >= 4 is 5.95 Å². The van der Waals surface area contributed by atoms with E-state index in [1.54, 1.807) is 0 Å². The number of hydrogen-bond donors (Lipinski definition) is 1. The van der Waals surface area contributed by atoms with Gasteiger partial charge in [-0.3, -0.25) is 0 Å². The van der Waals surface area contributed by atoms with Gasteiger partial charge in [0, 0.05) is 18.3 Å². The van der Waals surface area contributed by atoms with Gasteiger partial charge in [-0.05, 0) is 33.1 Å². The molecule has 1 aliphatic rings. The molecule has 2 rings (SSSR count). The van der Waals surface area contributed by atoms with E-state index in [0.717, 1.165) is 18.2 Å². The summed E-state index contributed by atoms with van der Waals surface area (Å²) < 4.78 is 5.64. The Morgan fingerprint density at radius 1 is 1.25 bits per heavy atom. The van der Waals surface area contributed by atoms with Gasteiger partial charge in [0.05, 0.1) is 6.10 Å². The maximum absolute atomic E-state index is 5.64. The van der Waals surface area contributed by atoms with Gasteiger partial charge in [0.1, 0.15) is 0 Å². The molecule has 0 radical (unpaired) electrons. The minimum atomic E-state index is 0.138. The molecule has 0 bridgehead atoms. The number of aryl methyl sites for hydroxylation is 1. The van der Waals surface area contributed by atoms with Crippen LogP contribution in [0, 0.1) is 12.8 Å². The van der Waals surface area contributed by atoms with Gasteiger partial charge in [0.2, 0.25) is 11.8 Å². The zero-order chi connectivity index (χ0) is 14.4. The van der Waals surface area contributed by atoms with Crippen molar-refractivity contribution < 1.29 is 4.74 Å². The number of hydrogen-bond acceptors (Lipinski definition) is 4. The number of rotatable bonds is 6. The zero-order valence-corrected chi connectivity index (χ0v) is 13.0. The van der Waals surface area contributed by atoms with Crippen LogP contribution in [0.15, 0.2) is 6.07 Å². The van der Waals surface area contributed by atoms with Crippen molar-refractivity contribution in [3.8, 4) is 5.88 Å². The Morgan fingerprint density at radius 3 is 2.70 bits per heavy atom. The molecule has 0 aliphatic heterocycles. The average molecular weight is 277 g/mol. The molecule has 20 heavy (non-hydrogen) atoms. The number of nitrogens with zero attached hydrogens (tertiary/aromatic N) is 2. The minimum Gasteiger partial charge on any atom is -0.475 e. The number of anilines is 1. The van der Waals surface area contributed by atoms with E-state index in [-0.39, 0.29) is 6.10 Å². The Bertz CT molecular complexity index is 414. The van der Waals surface area contributed by atoms with Gasteiger partial charge in [0.25, 0.3) is 0 Å². The molecule has 0 spiro atoms. The second kappa shape index (κ2) is 7.46. The summed E-state index contributed by atoms with van der Waals surface area (Å²) in [5.74, 6) is 2.23. The summed E-state index contributed by atoms with van der Waals surface area (Å²) in [6.45, 7) is 6.94. The molecule has 1 aromatic heterocycles. The lowest BCUT2D eigenvalue weighted by Crippen LogP contribution is -2.14. The van der Waals surface area contributed by atoms with Crippen LogP contribution in [-0.2, 0) is 0 Å². The van der Waals surface area contributed by atoms with E-state index in [1.165, 1.54) is 38.5 Å². The molecule has 4 heteroatoms. The number of nitrogens with one attached hydrogen (secondary N) is 1. The van der Waals surface area contributed by atoms with Crippen LogP contribution in [0.2, 0.25) is 0 Å². The minimum absolute atomic E-state index is 0.138. The van der Waals surface area contributed by atoms with Crippen molar-refractivity contribution in [2.45, 2.75) is 65.4 Å². The maximum Gasteiger partial charge on any atom is 0.226 e. The molecule has 0 aromatic carbocycles. The fourth-order valence-corrected chi connectivity index (χ4v) is 2.78. The largest absolute Gasteiger partial charge is 0.475 e. The lowest BCUT2D eigenvalue weighted by atomic mass is 9.87. The lowest BCUT2D eigenvalue weighted by molar-refractivity contribution is 0.232. The first-order valence-corrected chi connectivity index (χ1v) is 7.89. The summed E-state index contributed by atoms with van der Waals surface area (Å²) >= 11 is 0. The first-order valence-electron chi connectivity index (χ1n) is 7.89. The maximum atomic E-state index is 5.64. The van der Waals surface area contributed by atoms with Gasteiger partial charge in [-0.15, -0.1) is 0 Å². The first-order chi connectivity index (χ1) is 9.63. The molecular weight excluding hydrogens is 250 g/mol. The van der Waals surface area contributed by atoms with E-state index in [1.807, 2.05) is 26.8 Å². The standard InChI is InChI=1S/C16H27N3O/c1-12(2)20-15-11-13(3)18-16(19-15)17-10-9-14-7-5-4-6-8-14/h11-12,14H,4-10H2,1-3H3,(H,17,18,19). The average Bonchev–Trinajstić information content (AvgIpc) is 2.38. The lowest BCUT2D eigenvalue weighted by Gasteiger charge is -2.21. The quantitative estimate of drug-likeness (QED) is 0.855. The Balaban J connectivity index is 1.83. The van der Waals surface area contributed by atoms with E-state index in [0.29, 0.717) is 11.8 Å². The van der Waals surface area contributed by atoms with E-state index >= 15 is 0 Å². The van der Waals surface area contributed by atoms with E-state index in [2.05, 4.69) is 15.3 Å². The molecule has 1 aliphatic carbocycles. The molecule has 1 saturated carbocycles. The highest BCUT2D eigenvalue weighted by Crippen LogP contribution is 2.26. The summed E-state index contributed by atoms with van der Waals surface area (Å²) in [7, 11) is 0. The topological polar surface area (TPSA) is 47.0 Å². The zero-order valence-electron chi connectivity index (χ0n) is 13.0. The van der Waals surface area contributed by atoms with E-state index in [9.17, 15) is 0 Å². The molecule has 112 valence electrons. The van der Waals surface area contributed by atoms with Crippen molar-refractivity contribution in [1.29, 1.82) is 0 Å². The molecular formula is C16H27N3O. The van der Waals surface area contributed by atoms with Crippen LogP contribution in [0.3, 0.4) is 0 Å². The second-order valence-corrected chi connectivity index (χ2v) is 6.06. The molecule has 0 amide bonds. The fourth-order valence-electron chi connectivity index (χ4n) is 2.78. The normalized spacial score (nSPS) is 16.4. The highest BCUT2D eigenvalue weighted by Gasteiger charge is 2.13. The van der Waals surface area contributed by atoms with Crippen molar-refractivity contribution in [1.82, 2.24) is 9.97 Å². The first kappa shape index (κ1) is 15.1.